The van der Waals surface area contributed by atoms with Gasteiger partial charge in [-0.15, -0.1) is 0 Å². The minimum absolute atomic E-state index is 0.151. The third kappa shape index (κ3) is 31.9. The molecular weight excluding hydrogens is 789 g/mol. The highest BCUT2D eigenvalue weighted by molar-refractivity contribution is 7.85. The van der Waals surface area contributed by atoms with Gasteiger partial charge in [-0.3, -0.25) is 14.1 Å². The summed E-state index contributed by atoms with van der Waals surface area (Å²) in [4.78, 5) is 25.4. The van der Waals surface area contributed by atoms with E-state index in [0.29, 0.717) is 12.8 Å². The molecule has 4 N–H and O–H groups in total. The van der Waals surface area contributed by atoms with Crippen LogP contribution in [0.4, 0.5) is 0 Å². The molecule has 1 fully saturated rings. The van der Waals surface area contributed by atoms with Crippen LogP contribution >= 0.6 is 0 Å². The van der Waals surface area contributed by atoms with Gasteiger partial charge in [-0.05, 0) is 44.9 Å². The Morgan fingerprint density at radius 2 is 1.00 bits per heavy atom. The van der Waals surface area contributed by atoms with Gasteiger partial charge in [-0.25, -0.2) is 0 Å². The maximum absolute atomic E-state index is 12.8. The fourth-order valence-corrected chi connectivity index (χ4v) is 7.99. The molecule has 1 heterocycles. The van der Waals surface area contributed by atoms with Gasteiger partial charge in [-0.2, -0.15) is 8.42 Å². The molecule has 12 nitrogen and oxygen atoms in total. The van der Waals surface area contributed by atoms with Crippen LogP contribution in [0.5, 0.6) is 0 Å². The molecule has 6 atom stereocenters. The summed E-state index contributed by atoms with van der Waals surface area (Å²) in [5.41, 5.74) is 0. The molecule has 1 aliphatic rings. The Hall–Kier alpha value is -1.87. The standard InChI is InChI=1S/C47H86O12S/c1-3-5-7-9-11-13-15-17-19-21-23-25-27-29-31-33-35-42(48)56-37-40(38-57-47-46(52)45(51)44(50)41(59-47)39-60(53,54)55)58-43(49)36-34-32-30-28-26-24-22-20-18-16-14-12-10-8-6-4-2/h14,16,20,22,40-41,44-47,50-52H,3-13,15,17-19,21,23-39H2,1-2H3,(H,53,54,55)/b16-14-,22-20-. The summed E-state index contributed by atoms with van der Waals surface area (Å²) >= 11 is 0. The van der Waals surface area contributed by atoms with Crippen LogP contribution in [0.1, 0.15) is 206 Å². The molecule has 0 aromatic heterocycles. The van der Waals surface area contributed by atoms with Crippen LogP contribution in [0, 0.1) is 0 Å². The molecule has 0 aromatic carbocycles. The number of carbonyl (C=O) groups is 2. The number of hydrogen-bond acceptors (Lipinski definition) is 11. The van der Waals surface area contributed by atoms with E-state index in [1.807, 2.05) is 0 Å². The van der Waals surface area contributed by atoms with Crippen molar-refractivity contribution >= 4 is 22.1 Å². The number of esters is 2. The van der Waals surface area contributed by atoms with E-state index in [1.54, 1.807) is 0 Å². The monoisotopic (exact) mass is 875 g/mol. The van der Waals surface area contributed by atoms with Crippen molar-refractivity contribution in [2.45, 2.75) is 243 Å². The van der Waals surface area contributed by atoms with E-state index >= 15 is 0 Å². The van der Waals surface area contributed by atoms with Crippen molar-refractivity contribution in [3.63, 3.8) is 0 Å². The zero-order chi connectivity index (χ0) is 44.1. The average molecular weight is 875 g/mol. The average Bonchev–Trinajstić information content (AvgIpc) is 3.21. The van der Waals surface area contributed by atoms with Gasteiger partial charge in [0.05, 0.1) is 6.61 Å². The second-order valence-electron chi connectivity index (χ2n) is 16.8. The zero-order valence-electron chi connectivity index (χ0n) is 37.6. The largest absolute Gasteiger partial charge is 0.462 e. The summed E-state index contributed by atoms with van der Waals surface area (Å²) in [5.74, 6) is -1.99. The topological polar surface area (TPSA) is 186 Å². The summed E-state index contributed by atoms with van der Waals surface area (Å²) < 4.78 is 54.1. The molecule has 352 valence electrons. The maximum Gasteiger partial charge on any atom is 0.306 e. The Morgan fingerprint density at radius 1 is 0.567 bits per heavy atom. The molecule has 1 saturated heterocycles. The predicted molar refractivity (Wildman–Crippen MR) is 238 cm³/mol. The number of aliphatic hydroxyl groups is 3. The first-order valence-electron chi connectivity index (χ1n) is 23.9. The van der Waals surface area contributed by atoms with Gasteiger partial charge in [0.2, 0.25) is 0 Å². The Labute approximate surface area is 364 Å². The number of rotatable bonds is 40. The van der Waals surface area contributed by atoms with E-state index in [1.165, 1.54) is 103 Å². The Bertz CT molecular complexity index is 1210. The van der Waals surface area contributed by atoms with E-state index < -0.39 is 71.2 Å². The van der Waals surface area contributed by atoms with Gasteiger partial charge < -0.3 is 34.3 Å². The minimum atomic E-state index is -4.60. The van der Waals surface area contributed by atoms with Crippen LogP contribution in [0.15, 0.2) is 24.3 Å². The van der Waals surface area contributed by atoms with Gasteiger partial charge in [0.1, 0.15) is 36.8 Å². The molecule has 0 aromatic rings. The molecule has 0 aliphatic carbocycles. The number of unbranched alkanes of at least 4 members (excludes halogenated alkanes) is 24. The highest BCUT2D eigenvalue weighted by Gasteiger charge is 2.46. The SMILES string of the molecule is CCCCCC/C=C\C/C=C\CCCCCCCC(=O)OC(COC(=O)CCCCCCCCCCCCCCCCCC)COC1OC(CS(=O)(=O)O)C(O)C(O)C1O. The highest BCUT2D eigenvalue weighted by atomic mass is 32.2. The van der Waals surface area contributed by atoms with Crippen molar-refractivity contribution in [2.24, 2.45) is 0 Å². The van der Waals surface area contributed by atoms with E-state index in [2.05, 4.69) is 38.2 Å². The smallest absolute Gasteiger partial charge is 0.306 e. The van der Waals surface area contributed by atoms with Crippen LogP contribution < -0.4 is 0 Å². The van der Waals surface area contributed by atoms with Crippen molar-refractivity contribution in [3.8, 4) is 0 Å². The Kier molecular flexibility index (Phi) is 35.2. The van der Waals surface area contributed by atoms with Gasteiger partial charge in [0, 0.05) is 12.8 Å². The van der Waals surface area contributed by atoms with E-state index in [9.17, 15) is 37.9 Å². The fourth-order valence-electron chi connectivity index (χ4n) is 7.30. The van der Waals surface area contributed by atoms with Gasteiger partial charge in [0.15, 0.2) is 12.4 Å². The summed E-state index contributed by atoms with van der Waals surface area (Å²) in [7, 11) is -4.60. The van der Waals surface area contributed by atoms with E-state index in [0.717, 1.165) is 64.2 Å². The van der Waals surface area contributed by atoms with Crippen LogP contribution in [-0.4, -0.2) is 96.0 Å². The zero-order valence-corrected chi connectivity index (χ0v) is 38.4. The second-order valence-corrected chi connectivity index (χ2v) is 18.3. The van der Waals surface area contributed by atoms with Crippen LogP contribution in [-0.2, 0) is 38.7 Å². The lowest BCUT2D eigenvalue weighted by Crippen LogP contribution is -2.60. The molecule has 0 amide bonds. The molecule has 1 aliphatic heterocycles. The summed E-state index contributed by atoms with van der Waals surface area (Å²) in [5, 5.41) is 30.9. The Morgan fingerprint density at radius 3 is 1.48 bits per heavy atom. The summed E-state index contributed by atoms with van der Waals surface area (Å²) in [6.45, 7) is 3.75. The van der Waals surface area contributed by atoms with Gasteiger partial charge in [-0.1, -0.05) is 173 Å². The molecule has 13 heteroatoms. The van der Waals surface area contributed by atoms with Crippen LogP contribution in [0.25, 0.3) is 0 Å². The van der Waals surface area contributed by atoms with Crippen molar-refractivity contribution in [1.82, 2.24) is 0 Å². The third-order valence-corrected chi connectivity index (χ3v) is 11.8. The number of ether oxygens (including phenoxy) is 4. The first kappa shape index (κ1) is 56.1. The van der Waals surface area contributed by atoms with Crippen molar-refractivity contribution in [1.29, 1.82) is 0 Å². The van der Waals surface area contributed by atoms with E-state index in [-0.39, 0.29) is 19.4 Å². The molecule has 1 rings (SSSR count). The lowest BCUT2D eigenvalue weighted by Gasteiger charge is -2.40. The summed E-state index contributed by atoms with van der Waals surface area (Å²) in [6, 6.07) is 0. The maximum atomic E-state index is 12.8. The predicted octanol–water partition coefficient (Wildman–Crippen LogP) is 10.0. The van der Waals surface area contributed by atoms with Crippen LogP contribution in [0.3, 0.4) is 0 Å². The van der Waals surface area contributed by atoms with Gasteiger partial charge in [0.25, 0.3) is 10.1 Å². The number of carbonyl (C=O) groups excluding carboxylic acids is 2. The first-order valence-corrected chi connectivity index (χ1v) is 25.5. The molecule has 0 spiro atoms. The quantitative estimate of drug-likeness (QED) is 0.0198. The first-order chi connectivity index (χ1) is 29.0. The van der Waals surface area contributed by atoms with E-state index in [4.69, 9.17) is 18.9 Å². The van der Waals surface area contributed by atoms with Crippen LogP contribution in [0.2, 0.25) is 0 Å². The summed E-state index contributed by atoms with van der Waals surface area (Å²) in [6.07, 6.45) is 32.1. The molecule has 6 unspecified atom stereocenters. The molecule has 0 radical (unpaired) electrons. The normalized spacial score (nSPS) is 20.3. The third-order valence-electron chi connectivity index (χ3n) is 11.0. The number of hydrogen-bond donors (Lipinski definition) is 4. The molecule has 0 saturated carbocycles. The van der Waals surface area contributed by atoms with Gasteiger partial charge >= 0.3 is 11.9 Å². The molecule has 0 bridgehead atoms. The number of allylic oxidation sites excluding steroid dienone is 4. The lowest BCUT2D eigenvalue weighted by atomic mass is 10.00. The molecule has 60 heavy (non-hydrogen) atoms. The highest BCUT2D eigenvalue weighted by Crippen LogP contribution is 2.24. The Balaban J connectivity index is 2.42. The second kappa shape index (κ2) is 37.7. The van der Waals surface area contributed by atoms with Crippen molar-refractivity contribution in [2.75, 3.05) is 19.0 Å². The lowest BCUT2D eigenvalue weighted by molar-refractivity contribution is -0.297. The minimum Gasteiger partial charge on any atom is -0.462 e. The van der Waals surface area contributed by atoms with Crippen molar-refractivity contribution in [3.05, 3.63) is 24.3 Å². The number of aliphatic hydroxyl groups excluding tert-OH is 3. The van der Waals surface area contributed by atoms with Crippen molar-refractivity contribution < 1.29 is 56.8 Å². The fraction of sp³-hybridized carbons (Fsp3) is 0.872. The molecular formula is C47H86O12S.